The van der Waals surface area contributed by atoms with Gasteiger partial charge in [-0.25, -0.2) is 4.39 Å². The SMILES string of the molecule is CC(N)c1cc2ccccc2cc1F. The Morgan fingerprint density at radius 1 is 1.14 bits per heavy atom. The van der Waals surface area contributed by atoms with Crippen molar-refractivity contribution in [2.24, 2.45) is 5.73 Å². The van der Waals surface area contributed by atoms with E-state index in [0.717, 1.165) is 10.8 Å². The van der Waals surface area contributed by atoms with Crippen LogP contribution in [0, 0.1) is 5.82 Å². The molecule has 0 aliphatic rings. The van der Waals surface area contributed by atoms with Gasteiger partial charge in [-0.05, 0) is 29.8 Å². The lowest BCUT2D eigenvalue weighted by atomic mass is 10.0. The van der Waals surface area contributed by atoms with Crippen LogP contribution in [-0.2, 0) is 0 Å². The van der Waals surface area contributed by atoms with E-state index in [0.29, 0.717) is 5.56 Å². The van der Waals surface area contributed by atoms with Crippen molar-refractivity contribution >= 4 is 10.8 Å². The monoisotopic (exact) mass is 189 g/mol. The first kappa shape index (κ1) is 9.16. The van der Waals surface area contributed by atoms with Crippen LogP contribution in [-0.4, -0.2) is 0 Å². The van der Waals surface area contributed by atoms with Crippen LogP contribution < -0.4 is 5.73 Å². The number of fused-ring (bicyclic) bond motifs is 1. The number of rotatable bonds is 1. The summed E-state index contributed by atoms with van der Waals surface area (Å²) in [4.78, 5) is 0. The number of benzene rings is 2. The average Bonchev–Trinajstić information content (AvgIpc) is 2.16. The highest BCUT2D eigenvalue weighted by atomic mass is 19.1. The molecular formula is C12H12FN. The fourth-order valence-electron chi connectivity index (χ4n) is 1.58. The molecule has 0 aliphatic heterocycles. The first-order valence-electron chi connectivity index (χ1n) is 4.62. The van der Waals surface area contributed by atoms with Gasteiger partial charge < -0.3 is 5.73 Å². The van der Waals surface area contributed by atoms with Gasteiger partial charge in [-0.15, -0.1) is 0 Å². The molecule has 2 heteroatoms. The highest BCUT2D eigenvalue weighted by Gasteiger charge is 2.07. The minimum absolute atomic E-state index is 0.223. The summed E-state index contributed by atoms with van der Waals surface area (Å²) >= 11 is 0. The molecule has 2 aromatic rings. The topological polar surface area (TPSA) is 26.0 Å². The Morgan fingerprint density at radius 3 is 2.29 bits per heavy atom. The average molecular weight is 189 g/mol. The zero-order chi connectivity index (χ0) is 10.1. The fraction of sp³-hybridized carbons (Fsp3) is 0.167. The summed E-state index contributed by atoms with van der Waals surface area (Å²) in [6, 6.07) is 10.8. The van der Waals surface area contributed by atoms with E-state index in [1.165, 1.54) is 6.07 Å². The summed E-state index contributed by atoms with van der Waals surface area (Å²) in [7, 11) is 0. The van der Waals surface area contributed by atoms with E-state index < -0.39 is 0 Å². The second kappa shape index (κ2) is 3.39. The van der Waals surface area contributed by atoms with Gasteiger partial charge in [0.05, 0.1) is 0 Å². The predicted molar refractivity (Wildman–Crippen MR) is 56.5 cm³/mol. The minimum atomic E-state index is -0.264. The van der Waals surface area contributed by atoms with E-state index in [1.54, 1.807) is 6.92 Å². The molecule has 2 aromatic carbocycles. The van der Waals surface area contributed by atoms with Crippen LogP contribution in [0.1, 0.15) is 18.5 Å². The molecule has 0 spiro atoms. The highest BCUT2D eigenvalue weighted by Crippen LogP contribution is 2.22. The van der Waals surface area contributed by atoms with Gasteiger partial charge in [-0.3, -0.25) is 0 Å². The first-order valence-corrected chi connectivity index (χ1v) is 4.62. The minimum Gasteiger partial charge on any atom is -0.324 e. The molecule has 2 N–H and O–H groups in total. The molecule has 1 unspecified atom stereocenters. The normalized spacial score (nSPS) is 13.1. The molecule has 0 saturated carbocycles. The van der Waals surface area contributed by atoms with Crippen molar-refractivity contribution in [2.75, 3.05) is 0 Å². The Morgan fingerprint density at radius 2 is 1.71 bits per heavy atom. The molecule has 2 rings (SSSR count). The molecule has 0 fully saturated rings. The molecular weight excluding hydrogens is 177 g/mol. The van der Waals surface area contributed by atoms with E-state index in [4.69, 9.17) is 5.73 Å². The van der Waals surface area contributed by atoms with E-state index >= 15 is 0 Å². The van der Waals surface area contributed by atoms with Crippen LogP contribution in [0.5, 0.6) is 0 Å². The molecule has 0 aliphatic carbocycles. The van der Waals surface area contributed by atoms with Gasteiger partial charge in [0.2, 0.25) is 0 Å². The molecule has 14 heavy (non-hydrogen) atoms. The molecule has 0 amide bonds. The zero-order valence-corrected chi connectivity index (χ0v) is 8.00. The number of hydrogen-bond acceptors (Lipinski definition) is 1. The summed E-state index contributed by atoms with van der Waals surface area (Å²) < 4.78 is 13.5. The van der Waals surface area contributed by atoms with Crippen LogP contribution in [0.4, 0.5) is 4.39 Å². The van der Waals surface area contributed by atoms with Gasteiger partial charge in [0.25, 0.3) is 0 Å². The van der Waals surface area contributed by atoms with Crippen molar-refractivity contribution in [1.82, 2.24) is 0 Å². The van der Waals surface area contributed by atoms with Crippen molar-refractivity contribution < 1.29 is 4.39 Å². The van der Waals surface area contributed by atoms with Gasteiger partial charge in [0, 0.05) is 11.6 Å². The Kier molecular flexibility index (Phi) is 2.22. The van der Waals surface area contributed by atoms with Gasteiger partial charge in [-0.1, -0.05) is 24.3 Å². The van der Waals surface area contributed by atoms with Crippen molar-refractivity contribution in [3.8, 4) is 0 Å². The van der Waals surface area contributed by atoms with Gasteiger partial charge in [0.1, 0.15) is 5.82 Å². The maximum absolute atomic E-state index is 13.5. The quantitative estimate of drug-likeness (QED) is 0.733. The molecule has 0 bridgehead atoms. The van der Waals surface area contributed by atoms with Crippen LogP contribution in [0.3, 0.4) is 0 Å². The fourth-order valence-corrected chi connectivity index (χ4v) is 1.58. The Labute approximate surface area is 82.3 Å². The third kappa shape index (κ3) is 1.49. The molecule has 1 atom stereocenters. The largest absolute Gasteiger partial charge is 0.324 e. The Balaban J connectivity index is 2.71. The van der Waals surface area contributed by atoms with Gasteiger partial charge in [0.15, 0.2) is 0 Å². The van der Waals surface area contributed by atoms with Crippen LogP contribution in [0.2, 0.25) is 0 Å². The molecule has 0 saturated heterocycles. The van der Waals surface area contributed by atoms with E-state index in [2.05, 4.69) is 0 Å². The Hall–Kier alpha value is -1.41. The third-order valence-electron chi connectivity index (χ3n) is 2.36. The standard InChI is InChI=1S/C12H12FN/c1-8(14)11-6-9-4-2-3-5-10(9)7-12(11)13/h2-8H,14H2,1H3. The highest BCUT2D eigenvalue weighted by molar-refractivity contribution is 5.83. The summed E-state index contributed by atoms with van der Waals surface area (Å²) in [5, 5.41) is 1.94. The lowest BCUT2D eigenvalue weighted by Gasteiger charge is -2.08. The van der Waals surface area contributed by atoms with Crippen LogP contribution in [0.15, 0.2) is 36.4 Å². The smallest absolute Gasteiger partial charge is 0.128 e. The first-order chi connectivity index (χ1) is 6.68. The van der Waals surface area contributed by atoms with Gasteiger partial charge >= 0.3 is 0 Å². The second-order valence-corrected chi connectivity index (χ2v) is 3.51. The van der Waals surface area contributed by atoms with E-state index in [-0.39, 0.29) is 11.9 Å². The summed E-state index contributed by atoms with van der Waals surface area (Å²) in [5.41, 5.74) is 6.24. The molecule has 0 radical (unpaired) electrons. The molecule has 0 heterocycles. The zero-order valence-electron chi connectivity index (χ0n) is 8.00. The maximum atomic E-state index is 13.5. The number of nitrogens with two attached hydrogens (primary N) is 1. The van der Waals surface area contributed by atoms with Gasteiger partial charge in [-0.2, -0.15) is 0 Å². The lowest BCUT2D eigenvalue weighted by Crippen LogP contribution is -2.07. The van der Waals surface area contributed by atoms with E-state index in [9.17, 15) is 4.39 Å². The molecule has 72 valence electrons. The molecule has 1 nitrogen and oxygen atoms in total. The van der Waals surface area contributed by atoms with Crippen LogP contribution >= 0.6 is 0 Å². The van der Waals surface area contributed by atoms with Crippen molar-refractivity contribution in [2.45, 2.75) is 13.0 Å². The summed E-state index contributed by atoms with van der Waals surface area (Å²) in [5.74, 6) is -0.223. The maximum Gasteiger partial charge on any atom is 0.128 e. The van der Waals surface area contributed by atoms with E-state index in [1.807, 2.05) is 30.3 Å². The summed E-state index contributed by atoms with van der Waals surface area (Å²) in [6.07, 6.45) is 0. The second-order valence-electron chi connectivity index (χ2n) is 3.51. The van der Waals surface area contributed by atoms with Crippen molar-refractivity contribution in [1.29, 1.82) is 0 Å². The molecule has 0 aromatic heterocycles. The number of halogens is 1. The number of hydrogen-bond donors (Lipinski definition) is 1. The predicted octanol–water partition coefficient (Wildman–Crippen LogP) is 3.00. The third-order valence-corrected chi connectivity index (χ3v) is 2.36. The summed E-state index contributed by atoms with van der Waals surface area (Å²) in [6.45, 7) is 1.78. The van der Waals surface area contributed by atoms with Crippen LogP contribution in [0.25, 0.3) is 10.8 Å². The Bertz CT molecular complexity index is 463. The van der Waals surface area contributed by atoms with Crippen molar-refractivity contribution in [3.05, 3.63) is 47.8 Å². The lowest BCUT2D eigenvalue weighted by molar-refractivity contribution is 0.596. The van der Waals surface area contributed by atoms with Crippen molar-refractivity contribution in [3.63, 3.8) is 0 Å².